The third-order valence-electron chi connectivity index (χ3n) is 11.2. The van der Waals surface area contributed by atoms with E-state index in [1.54, 1.807) is 33.9 Å². The third-order valence-corrected chi connectivity index (χ3v) is 12.9. The molecule has 16 heteroatoms. The summed E-state index contributed by atoms with van der Waals surface area (Å²) in [7, 11) is -2.46. The molecule has 3 saturated carbocycles. The third kappa shape index (κ3) is 7.85. The molecule has 2 aliphatic heterocycles. The molecule has 3 amide bonds. The van der Waals surface area contributed by atoms with Gasteiger partial charge in [0.05, 0.1) is 35.5 Å². The molecule has 3 heterocycles. The van der Waals surface area contributed by atoms with Crippen molar-refractivity contribution >= 4 is 44.9 Å². The number of nitrogens with one attached hydrogen (secondary N) is 2. The molecule has 5 aliphatic rings. The summed E-state index contributed by atoms with van der Waals surface area (Å²) in [4.78, 5) is 53.2. The zero-order valence-electron chi connectivity index (χ0n) is 31.2. The van der Waals surface area contributed by atoms with E-state index in [4.69, 9.17) is 24.2 Å². The molecule has 15 nitrogen and oxygen atoms in total. The summed E-state index contributed by atoms with van der Waals surface area (Å²) >= 11 is 0. The molecule has 3 aliphatic carbocycles. The van der Waals surface area contributed by atoms with E-state index in [0.29, 0.717) is 41.7 Å². The lowest BCUT2D eigenvalue weighted by molar-refractivity contribution is -0.222. The molecule has 1 aromatic heterocycles. The molecule has 4 fully saturated rings. The normalized spacial score (nSPS) is 30.7. The van der Waals surface area contributed by atoms with Crippen molar-refractivity contribution in [2.75, 3.05) is 13.7 Å². The molecule has 54 heavy (non-hydrogen) atoms. The van der Waals surface area contributed by atoms with Crippen LogP contribution in [0.1, 0.15) is 84.3 Å². The Balaban J connectivity index is 1.23. The van der Waals surface area contributed by atoms with Crippen LogP contribution in [-0.4, -0.2) is 95.8 Å². The predicted molar refractivity (Wildman–Crippen MR) is 196 cm³/mol. The molecule has 292 valence electrons. The fourth-order valence-corrected chi connectivity index (χ4v) is 8.85. The lowest BCUT2D eigenvalue weighted by Gasteiger charge is -2.35. The first-order valence-electron chi connectivity index (χ1n) is 18.9. The minimum atomic E-state index is -4.03. The van der Waals surface area contributed by atoms with Gasteiger partial charge in [-0.05, 0) is 68.4 Å². The van der Waals surface area contributed by atoms with Crippen LogP contribution in [0.4, 0.5) is 4.79 Å². The number of carbonyl (C=O) groups is 3. The highest BCUT2D eigenvalue weighted by Crippen LogP contribution is 2.46. The molecule has 2 bridgehead atoms. The SMILES string of the molecule is C=C[C@@H]1C[C@]1(NC(=O)[C@@H]1CC2CN1C(=O)[C@H](C(C)(C)C)NC(=O)O[C@@H]1C[C@H]1CCCCCc1nc3ccc(OC)cc3nc1O2)/C([O-])=N/S(=O)(=O)C1CC1. The Morgan fingerprint density at radius 3 is 2.59 bits per heavy atom. The van der Waals surface area contributed by atoms with Crippen LogP contribution in [0, 0.1) is 17.3 Å². The summed E-state index contributed by atoms with van der Waals surface area (Å²) < 4.78 is 46.6. The van der Waals surface area contributed by atoms with Gasteiger partial charge < -0.3 is 34.9 Å². The van der Waals surface area contributed by atoms with Crippen molar-refractivity contribution in [3.8, 4) is 11.6 Å². The lowest BCUT2D eigenvalue weighted by atomic mass is 9.85. The lowest BCUT2D eigenvalue weighted by Crippen LogP contribution is -2.60. The molecule has 1 saturated heterocycles. The van der Waals surface area contributed by atoms with Gasteiger partial charge in [0.15, 0.2) is 0 Å². The number of hydrogen-bond acceptors (Lipinski definition) is 11. The van der Waals surface area contributed by atoms with Crippen LogP contribution in [-0.2, 0) is 30.8 Å². The second-order valence-corrected chi connectivity index (χ2v) is 18.3. The average molecular weight is 766 g/mol. The van der Waals surface area contributed by atoms with Crippen LogP contribution in [0.15, 0.2) is 35.3 Å². The number of nitrogens with zero attached hydrogens (tertiary/aromatic N) is 4. The molecular formula is C38H49N6O9S-. The highest BCUT2D eigenvalue weighted by atomic mass is 32.2. The smallest absolute Gasteiger partial charge is 0.408 e. The van der Waals surface area contributed by atoms with Gasteiger partial charge in [-0.1, -0.05) is 39.7 Å². The monoisotopic (exact) mass is 765 g/mol. The molecule has 7 rings (SSSR count). The van der Waals surface area contributed by atoms with Gasteiger partial charge in [0, 0.05) is 24.3 Å². The largest absolute Gasteiger partial charge is 0.859 e. The number of fused-ring (bicyclic) bond motifs is 5. The molecule has 0 spiro atoms. The van der Waals surface area contributed by atoms with Gasteiger partial charge in [0.2, 0.25) is 17.7 Å². The molecular weight excluding hydrogens is 717 g/mol. The molecule has 1 aromatic carbocycles. The van der Waals surface area contributed by atoms with Gasteiger partial charge in [-0.15, -0.1) is 6.58 Å². The van der Waals surface area contributed by atoms with Crippen molar-refractivity contribution in [2.45, 2.75) is 120 Å². The van der Waals surface area contributed by atoms with Crippen molar-refractivity contribution in [2.24, 2.45) is 21.6 Å². The Morgan fingerprint density at radius 2 is 1.91 bits per heavy atom. The molecule has 2 aromatic rings. The number of ether oxygens (including phenoxy) is 3. The van der Waals surface area contributed by atoms with Crippen molar-refractivity contribution in [3.63, 3.8) is 0 Å². The number of methoxy groups -OCH3 is 1. The van der Waals surface area contributed by atoms with E-state index in [9.17, 15) is 27.9 Å². The number of aromatic nitrogens is 2. The Labute approximate surface area is 315 Å². The maximum atomic E-state index is 14.6. The fourth-order valence-electron chi connectivity index (χ4n) is 7.58. The van der Waals surface area contributed by atoms with Crippen molar-refractivity contribution in [1.82, 2.24) is 25.5 Å². The Hall–Kier alpha value is -4.47. The number of carbonyl (C=O) groups excluding carboxylic acids is 3. The summed E-state index contributed by atoms with van der Waals surface area (Å²) in [6, 6.07) is 3.17. The second kappa shape index (κ2) is 14.3. The van der Waals surface area contributed by atoms with Gasteiger partial charge in [0.25, 0.3) is 10.0 Å². The predicted octanol–water partition coefficient (Wildman–Crippen LogP) is 2.94. The topological polar surface area (TPSA) is 202 Å². The van der Waals surface area contributed by atoms with Gasteiger partial charge in [-0.3, -0.25) is 9.59 Å². The zero-order valence-corrected chi connectivity index (χ0v) is 32.0. The van der Waals surface area contributed by atoms with Gasteiger partial charge in [-0.2, -0.15) is 4.40 Å². The summed E-state index contributed by atoms with van der Waals surface area (Å²) in [5.41, 5.74) is -0.522. The number of rotatable bonds is 7. The highest BCUT2D eigenvalue weighted by Gasteiger charge is 2.57. The molecule has 2 N–H and O–H groups in total. The standard InChI is InChI=1S/C38H50N6O9S/c1-6-22-19-38(22,35(47)43-54(49,50)25-13-14-25)42-32(45)29-18-24-20-44(29)34(46)31(37(2,3)4)41-36(48)53-30-16-21(30)10-8-7-9-11-27-33(52-24)40-28-17-23(51-5)12-15-26(28)39-27/h6,12,15,17,21-22,24-25,29-31H,1,7-11,13-14,16,18-20H2,2-5H3,(H,41,48)(H,42,45)(H,43,47)/p-1/t21-,22-,24?,29+,30-,31-,38-/m1/s1. The van der Waals surface area contributed by atoms with Crippen LogP contribution in [0.3, 0.4) is 0 Å². The first-order valence-corrected chi connectivity index (χ1v) is 20.4. The molecule has 0 radical (unpaired) electrons. The van der Waals surface area contributed by atoms with Crippen LogP contribution in [0.5, 0.6) is 11.6 Å². The van der Waals surface area contributed by atoms with Crippen molar-refractivity contribution in [1.29, 1.82) is 0 Å². The van der Waals surface area contributed by atoms with Crippen molar-refractivity contribution in [3.05, 3.63) is 36.5 Å². The van der Waals surface area contributed by atoms with Gasteiger partial charge in [-0.25, -0.2) is 23.2 Å². The van der Waals surface area contributed by atoms with E-state index in [1.165, 1.54) is 11.0 Å². The Morgan fingerprint density at radius 1 is 1.13 bits per heavy atom. The van der Waals surface area contributed by atoms with E-state index in [1.807, 2.05) is 12.1 Å². The van der Waals surface area contributed by atoms with E-state index < -0.39 is 74.1 Å². The molecule has 1 unspecified atom stereocenters. The van der Waals surface area contributed by atoms with Crippen LogP contribution in [0.2, 0.25) is 0 Å². The van der Waals surface area contributed by atoms with E-state index in [-0.39, 0.29) is 37.3 Å². The first-order chi connectivity index (χ1) is 25.6. The number of sulfonamides is 1. The maximum absolute atomic E-state index is 14.6. The zero-order chi connectivity index (χ0) is 38.6. The summed E-state index contributed by atoms with van der Waals surface area (Å²) in [5, 5.41) is 18.3. The summed E-state index contributed by atoms with van der Waals surface area (Å²) in [6.07, 6.45) is 5.77. The Bertz CT molecular complexity index is 1980. The van der Waals surface area contributed by atoms with Crippen molar-refractivity contribution < 1.29 is 42.1 Å². The van der Waals surface area contributed by atoms with Crippen LogP contribution >= 0.6 is 0 Å². The van der Waals surface area contributed by atoms with E-state index in [2.05, 4.69) is 21.6 Å². The first kappa shape index (κ1) is 37.8. The Kier molecular flexibility index (Phi) is 10.0. The maximum Gasteiger partial charge on any atom is 0.408 e. The van der Waals surface area contributed by atoms with Crippen LogP contribution < -0.4 is 25.2 Å². The minimum Gasteiger partial charge on any atom is -0.859 e. The van der Waals surface area contributed by atoms with E-state index in [0.717, 1.165) is 32.1 Å². The minimum absolute atomic E-state index is 0.0143. The second-order valence-electron chi connectivity index (χ2n) is 16.4. The number of aryl methyl sites for hydroxylation is 1. The number of benzene rings is 1. The summed E-state index contributed by atoms with van der Waals surface area (Å²) in [6.45, 7) is 9.14. The number of hydrogen-bond donors (Lipinski definition) is 2. The van der Waals surface area contributed by atoms with E-state index >= 15 is 0 Å². The number of alkyl carbamates (subject to hydrolysis) is 1. The fraction of sp³-hybridized carbons (Fsp3) is 0.632. The van der Waals surface area contributed by atoms with Gasteiger partial charge in [0.1, 0.15) is 35.7 Å². The van der Waals surface area contributed by atoms with Crippen LogP contribution in [0.25, 0.3) is 11.0 Å². The molecule has 7 atom stereocenters. The number of amides is 3. The quantitative estimate of drug-likeness (QED) is 0.239. The average Bonchev–Trinajstić information content (AvgIpc) is 4.04. The highest BCUT2D eigenvalue weighted by molar-refractivity contribution is 7.91. The van der Waals surface area contributed by atoms with Gasteiger partial charge >= 0.3 is 6.09 Å². The summed E-state index contributed by atoms with van der Waals surface area (Å²) in [5.74, 6) is -1.59.